The van der Waals surface area contributed by atoms with Crippen LogP contribution in [0.3, 0.4) is 0 Å². The molecule has 0 spiro atoms. The number of guanidine groups is 1. The molecule has 1 aromatic carbocycles. The molecule has 2 heterocycles. The molecule has 0 aliphatic carbocycles. The van der Waals surface area contributed by atoms with Crippen LogP contribution in [0.2, 0.25) is 0 Å². The van der Waals surface area contributed by atoms with E-state index in [4.69, 9.17) is 4.74 Å². The Kier molecular flexibility index (Phi) is 6.09. The van der Waals surface area contributed by atoms with Gasteiger partial charge in [0.1, 0.15) is 11.4 Å². The zero-order valence-electron chi connectivity index (χ0n) is 14.2. The minimum atomic E-state index is -0.214. The first-order chi connectivity index (χ1) is 11.1. The van der Waals surface area contributed by atoms with Crippen molar-refractivity contribution in [1.82, 2.24) is 20.8 Å². The lowest BCUT2D eigenvalue weighted by molar-refractivity contribution is 0.0694. The molecule has 3 rings (SSSR count). The van der Waals surface area contributed by atoms with Crippen LogP contribution < -0.4 is 15.4 Å². The molecule has 0 saturated heterocycles. The van der Waals surface area contributed by atoms with Gasteiger partial charge in [0.05, 0.1) is 18.3 Å². The maximum absolute atomic E-state index is 6.07. The SMILES string of the molecule is CN=C(NCc1ccn[nH]1)NC1CC(C)(C)Oc2ccccc21.I. The van der Waals surface area contributed by atoms with Crippen LogP contribution in [0, 0.1) is 0 Å². The summed E-state index contributed by atoms with van der Waals surface area (Å²) < 4.78 is 6.07. The number of aromatic nitrogens is 2. The molecule has 1 atom stereocenters. The second-order valence-electron chi connectivity index (χ2n) is 6.31. The van der Waals surface area contributed by atoms with Crippen LogP contribution in [0.5, 0.6) is 5.75 Å². The first-order valence-electron chi connectivity index (χ1n) is 7.81. The molecule has 1 aromatic heterocycles. The molecule has 0 radical (unpaired) electrons. The van der Waals surface area contributed by atoms with Crippen molar-refractivity contribution in [3.05, 3.63) is 47.8 Å². The minimum absolute atomic E-state index is 0. The summed E-state index contributed by atoms with van der Waals surface area (Å²) in [7, 11) is 1.78. The number of halogens is 1. The molecular weight excluding hydrogens is 417 g/mol. The van der Waals surface area contributed by atoms with Crippen molar-refractivity contribution in [1.29, 1.82) is 0 Å². The average Bonchev–Trinajstić information content (AvgIpc) is 3.03. The number of fused-ring (bicyclic) bond motifs is 1. The lowest BCUT2D eigenvalue weighted by Gasteiger charge is -2.38. The number of hydrogen-bond acceptors (Lipinski definition) is 3. The van der Waals surface area contributed by atoms with Gasteiger partial charge in [-0.15, -0.1) is 24.0 Å². The van der Waals surface area contributed by atoms with Crippen LogP contribution in [0.4, 0.5) is 0 Å². The van der Waals surface area contributed by atoms with E-state index in [2.05, 4.69) is 45.7 Å². The summed E-state index contributed by atoms with van der Waals surface area (Å²) in [4.78, 5) is 4.32. The van der Waals surface area contributed by atoms with Gasteiger partial charge in [0.2, 0.25) is 0 Å². The maximum Gasteiger partial charge on any atom is 0.191 e. The Bertz CT molecular complexity index is 684. The predicted molar refractivity (Wildman–Crippen MR) is 106 cm³/mol. The Morgan fingerprint density at radius 2 is 2.17 bits per heavy atom. The zero-order valence-corrected chi connectivity index (χ0v) is 16.5. The molecule has 1 unspecified atom stereocenters. The Morgan fingerprint density at radius 1 is 1.38 bits per heavy atom. The van der Waals surface area contributed by atoms with Crippen molar-refractivity contribution in [2.24, 2.45) is 4.99 Å². The molecule has 130 valence electrons. The number of aromatic amines is 1. The van der Waals surface area contributed by atoms with Crippen LogP contribution in [-0.4, -0.2) is 28.8 Å². The summed E-state index contributed by atoms with van der Waals surface area (Å²) in [5, 5.41) is 13.7. The van der Waals surface area contributed by atoms with E-state index in [1.54, 1.807) is 13.2 Å². The number of nitrogens with zero attached hydrogens (tertiary/aromatic N) is 2. The van der Waals surface area contributed by atoms with Gasteiger partial charge in [-0.2, -0.15) is 5.10 Å². The molecule has 2 aromatic rings. The normalized spacial score (nSPS) is 18.8. The van der Waals surface area contributed by atoms with E-state index in [1.165, 1.54) is 0 Å². The van der Waals surface area contributed by atoms with E-state index in [-0.39, 0.29) is 35.6 Å². The van der Waals surface area contributed by atoms with Gasteiger partial charge in [0.25, 0.3) is 0 Å². The van der Waals surface area contributed by atoms with Crippen molar-refractivity contribution in [2.75, 3.05) is 7.05 Å². The highest BCUT2D eigenvalue weighted by molar-refractivity contribution is 14.0. The fourth-order valence-electron chi connectivity index (χ4n) is 2.85. The second-order valence-corrected chi connectivity index (χ2v) is 6.31. The van der Waals surface area contributed by atoms with E-state index in [0.29, 0.717) is 6.54 Å². The number of hydrogen-bond donors (Lipinski definition) is 3. The number of nitrogens with one attached hydrogen (secondary N) is 3. The van der Waals surface area contributed by atoms with Crippen LogP contribution in [0.25, 0.3) is 0 Å². The Hall–Kier alpha value is -1.77. The first kappa shape index (κ1) is 18.6. The highest BCUT2D eigenvalue weighted by Crippen LogP contribution is 2.39. The number of para-hydroxylation sites is 1. The van der Waals surface area contributed by atoms with Crippen molar-refractivity contribution in [2.45, 2.75) is 38.5 Å². The molecule has 24 heavy (non-hydrogen) atoms. The standard InChI is InChI=1S/C17H23N5O.HI/c1-17(2)10-14(13-6-4-5-7-15(13)23-17)21-16(18-3)19-11-12-8-9-20-22-12;/h4-9,14H,10-11H2,1-3H3,(H,20,22)(H2,18,19,21);1H. The van der Waals surface area contributed by atoms with E-state index >= 15 is 0 Å². The Labute approximate surface area is 159 Å². The molecular formula is C17H24IN5O. The van der Waals surface area contributed by atoms with Gasteiger partial charge in [0.15, 0.2) is 5.96 Å². The van der Waals surface area contributed by atoms with Gasteiger partial charge in [0, 0.05) is 25.2 Å². The highest BCUT2D eigenvalue weighted by atomic mass is 127. The van der Waals surface area contributed by atoms with Crippen molar-refractivity contribution in [3.8, 4) is 5.75 Å². The summed E-state index contributed by atoms with van der Waals surface area (Å²) >= 11 is 0. The predicted octanol–water partition coefficient (Wildman–Crippen LogP) is 3.00. The largest absolute Gasteiger partial charge is 0.487 e. The molecule has 0 amide bonds. The van der Waals surface area contributed by atoms with Crippen molar-refractivity contribution < 1.29 is 4.74 Å². The first-order valence-corrected chi connectivity index (χ1v) is 7.81. The van der Waals surface area contributed by atoms with Crippen LogP contribution in [0.1, 0.15) is 37.6 Å². The third-order valence-corrected chi connectivity index (χ3v) is 3.92. The quantitative estimate of drug-likeness (QED) is 0.389. The molecule has 0 fully saturated rings. The highest BCUT2D eigenvalue weighted by Gasteiger charge is 2.33. The summed E-state index contributed by atoms with van der Waals surface area (Å²) in [5.74, 6) is 1.70. The van der Waals surface area contributed by atoms with Gasteiger partial charge < -0.3 is 15.4 Å². The van der Waals surface area contributed by atoms with Gasteiger partial charge in [-0.05, 0) is 26.0 Å². The van der Waals surface area contributed by atoms with E-state index in [0.717, 1.165) is 29.4 Å². The number of H-pyrrole nitrogens is 1. The minimum Gasteiger partial charge on any atom is -0.487 e. The summed E-state index contributed by atoms with van der Waals surface area (Å²) in [6.07, 6.45) is 2.61. The van der Waals surface area contributed by atoms with E-state index < -0.39 is 0 Å². The lowest BCUT2D eigenvalue weighted by Crippen LogP contribution is -2.45. The van der Waals surface area contributed by atoms with E-state index in [9.17, 15) is 0 Å². The van der Waals surface area contributed by atoms with E-state index in [1.807, 2.05) is 24.3 Å². The number of aliphatic imine (C=N–C) groups is 1. The smallest absolute Gasteiger partial charge is 0.191 e. The van der Waals surface area contributed by atoms with Gasteiger partial charge in [-0.25, -0.2) is 0 Å². The van der Waals surface area contributed by atoms with Crippen molar-refractivity contribution in [3.63, 3.8) is 0 Å². The Balaban J connectivity index is 0.00000208. The van der Waals surface area contributed by atoms with Crippen LogP contribution >= 0.6 is 24.0 Å². The molecule has 1 aliphatic heterocycles. The zero-order chi connectivity index (χ0) is 16.3. The fourth-order valence-corrected chi connectivity index (χ4v) is 2.85. The second kappa shape index (κ2) is 7.87. The summed E-state index contributed by atoms with van der Waals surface area (Å²) in [6.45, 7) is 4.87. The third-order valence-electron chi connectivity index (χ3n) is 3.92. The average molecular weight is 441 g/mol. The molecule has 1 aliphatic rings. The van der Waals surface area contributed by atoms with Crippen LogP contribution in [-0.2, 0) is 6.54 Å². The number of ether oxygens (including phenoxy) is 1. The van der Waals surface area contributed by atoms with Gasteiger partial charge in [-0.3, -0.25) is 10.1 Å². The Morgan fingerprint density at radius 3 is 2.88 bits per heavy atom. The topological polar surface area (TPSA) is 74.3 Å². The molecule has 0 bridgehead atoms. The lowest BCUT2D eigenvalue weighted by atomic mass is 9.90. The summed E-state index contributed by atoms with van der Waals surface area (Å²) in [6, 6.07) is 10.3. The van der Waals surface area contributed by atoms with Crippen molar-refractivity contribution >= 4 is 29.9 Å². The van der Waals surface area contributed by atoms with Gasteiger partial charge in [-0.1, -0.05) is 18.2 Å². The summed E-state index contributed by atoms with van der Waals surface area (Å²) in [5.41, 5.74) is 1.96. The number of rotatable bonds is 3. The molecule has 3 N–H and O–H groups in total. The fraction of sp³-hybridized carbons (Fsp3) is 0.412. The van der Waals surface area contributed by atoms with Gasteiger partial charge >= 0.3 is 0 Å². The monoisotopic (exact) mass is 441 g/mol. The number of benzene rings is 1. The maximum atomic E-state index is 6.07. The molecule has 0 saturated carbocycles. The molecule has 6 nitrogen and oxygen atoms in total. The third kappa shape index (κ3) is 4.40. The molecule has 7 heteroatoms. The van der Waals surface area contributed by atoms with Crippen LogP contribution in [0.15, 0.2) is 41.5 Å².